The Kier molecular flexibility index (Phi) is 6.12. The van der Waals surface area contributed by atoms with Gasteiger partial charge in [-0.1, -0.05) is 31.0 Å². The third-order valence-electron chi connectivity index (χ3n) is 4.91. The van der Waals surface area contributed by atoms with Crippen molar-refractivity contribution < 1.29 is 9.59 Å². The number of amides is 2. The summed E-state index contributed by atoms with van der Waals surface area (Å²) in [4.78, 5) is 26.6. The normalized spacial score (nSPS) is 14.4. The van der Waals surface area contributed by atoms with Gasteiger partial charge in [0, 0.05) is 31.3 Å². The van der Waals surface area contributed by atoms with E-state index < -0.39 is 0 Å². The van der Waals surface area contributed by atoms with Crippen LogP contribution in [0.1, 0.15) is 48.5 Å². The Morgan fingerprint density at radius 1 is 0.889 bits per heavy atom. The predicted octanol–water partition coefficient (Wildman–Crippen LogP) is 4.59. The van der Waals surface area contributed by atoms with E-state index in [0.29, 0.717) is 11.3 Å². The zero-order valence-electron chi connectivity index (χ0n) is 16.0. The first-order valence-corrected chi connectivity index (χ1v) is 9.58. The number of para-hydroxylation sites is 2. The van der Waals surface area contributed by atoms with Crippen LogP contribution >= 0.6 is 0 Å². The zero-order valence-corrected chi connectivity index (χ0v) is 16.0. The van der Waals surface area contributed by atoms with E-state index in [1.807, 2.05) is 31.2 Å². The molecule has 2 aromatic rings. The summed E-state index contributed by atoms with van der Waals surface area (Å²) in [5.74, 6) is -0.328. The lowest BCUT2D eigenvalue weighted by Gasteiger charge is -2.25. The van der Waals surface area contributed by atoms with E-state index in [1.54, 1.807) is 12.1 Å². The predicted molar refractivity (Wildman–Crippen MR) is 111 cm³/mol. The molecule has 0 atom stereocenters. The van der Waals surface area contributed by atoms with Gasteiger partial charge in [-0.2, -0.15) is 0 Å². The van der Waals surface area contributed by atoms with E-state index in [-0.39, 0.29) is 11.8 Å². The average Bonchev–Trinajstić information content (AvgIpc) is 2.93. The number of nitrogens with zero attached hydrogens (tertiary/aromatic N) is 1. The highest BCUT2D eigenvalue weighted by Crippen LogP contribution is 2.28. The van der Waals surface area contributed by atoms with Crippen LogP contribution in [0.4, 0.5) is 17.1 Å². The Bertz CT molecular complexity index is 824. The Hall–Kier alpha value is -2.82. The molecule has 2 N–H and O–H groups in total. The van der Waals surface area contributed by atoms with Gasteiger partial charge < -0.3 is 15.5 Å². The molecule has 1 heterocycles. The first-order chi connectivity index (χ1) is 13.0. The molecule has 0 bridgehead atoms. The Morgan fingerprint density at radius 3 is 2.30 bits per heavy atom. The minimum absolute atomic E-state index is 0.151. The molecule has 0 saturated carbocycles. The van der Waals surface area contributed by atoms with Crippen molar-refractivity contribution in [1.82, 2.24) is 0 Å². The molecule has 1 aliphatic heterocycles. The van der Waals surface area contributed by atoms with Crippen LogP contribution in [0.15, 0.2) is 42.5 Å². The fourth-order valence-corrected chi connectivity index (χ4v) is 3.45. The second-order valence-corrected chi connectivity index (χ2v) is 7.08. The van der Waals surface area contributed by atoms with Gasteiger partial charge >= 0.3 is 0 Å². The topological polar surface area (TPSA) is 61.4 Å². The SMILES string of the molecule is CC(=O)Nc1cc(C(=O)Nc2ccccc2N2CCCCCC2)ccc1C. The summed E-state index contributed by atoms with van der Waals surface area (Å²) in [7, 11) is 0. The van der Waals surface area contributed by atoms with Crippen molar-refractivity contribution in [2.75, 3.05) is 28.6 Å². The molecule has 0 radical (unpaired) electrons. The van der Waals surface area contributed by atoms with Crippen LogP contribution in [-0.4, -0.2) is 24.9 Å². The van der Waals surface area contributed by atoms with E-state index in [1.165, 1.54) is 32.6 Å². The fourth-order valence-electron chi connectivity index (χ4n) is 3.45. The van der Waals surface area contributed by atoms with Crippen molar-refractivity contribution >= 4 is 28.9 Å². The van der Waals surface area contributed by atoms with Crippen LogP contribution in [0.25, 0.3) is 0 Å². The molecule has 0 spiro atoms. The third-order valence-corrected chi connectivity index (χ3v) is 4.91. The van der Waals surface area contributed by atoms with Gasteiger partial charge in [0.15, 0.2) is 0 Å². The van der Waals surface area contributed by atoms with Crippen molar-refractivity contribution in [2.45, 2.75) is 39.5 Å². The monoisotopic (exact) mass is 365 g/mol. The number of carbonyl (C=O) groups is 2. The number of aryl methyl sites for hydroxylation is 1. The molecule has 142 valence electrons. The fraction of sp³-hybridized carbons (Fsp3) is 0.364. The molecule has 5 heteroatoms. The van der Waals surface area contributed by atoms with Gasteiger partial charge in [0.25, 0.3) is 5.91 Å². The number of benzene rings is 2. The summed E-state index contributed by atoms with van der Waals surface area (Å²) in [6, 6.07) is 13.3. The largest absolute Gasteiger partial charge is 0.370 e. The molecule has 1 aliphatic rings. The maximum atomic E-state index is 12.8. The number of hydrogen-bond donors (Lipinski definition) is 2. The summed E-state index contributed by atoms with van der Waals surface area (Å²) < 4.78 is 0. The van der Waals surface area contributed by atoms with Crippen LogP contribution in [0.3, 0.4) is 0 Å². The summed E-state index contributed by atoms with van der Waals surface area (Å²) >= 11 is 0. The van der Waals surface area contributed by atoms with Gasteiger partial charge in [0.2, 0.25) is 5.91 Å². The maximum absolute atomic E-state index is 12.8. The highest BCUT2D eigenvalue weighted by atomic mass is 16.2. The number of nitrogens with one attached hydrogen (secondary N) is 2. The molecule has 3 rings (SSSR count). The van der Waals surface area contributed by atoms with Crippen molar-refractivity contribution in [2.24, 2.45) is 0 Å². The number of anilines is 3. The van der Waals surface area contributed by atoms with Crippen LogP contribution < -0.4 is 15.5 Å². The Labute approximate surface area is 160 Å². The van der Waals surface area contributed by atoms with Crippen molar-refractivity contribution in [3.8, 4) is 0 Å². The Morgan fingerprint density at radius 2 is 1.59 bits per heavy atom. The molecule has 0 aromatic heterocycles. The van der Waals surface area contributed by atoms with E-state index >= 15 is 0 Å². The van der Waals surface area contributed by atoms with Crippen LogP contribution in [-0.2, 0) is 4.79 Å². The second kappa shape index (κ2) is 8.71. The minimum atomic E-state index is -0.177. The van der Waals surface area contributed by atoms with Crippen LogP contribution in [0.5, 0.6) is 0 Å². The van der Waals surface area contributed by atoms with Gasteiger partial charge in [-0.3, -0.25) is 9.59 Å². The molecule has 5 nitrogen and oxygen atoms in total. The molecular weight excluding hydrogens is 338 g/mol. The molecule has 27 heavy (non-hydrogen) atoms. The highest BCUT2D eigenvalue weighted by molar-refractivity contribution is 6.07. The number of rotatable bonds is 4. The first-order valence-electron chi connectivity index (χ1n) is 9.58. The lowest BCUT2D eigenvalue weighted by atomic mass is 10.1. The van der Waals surface area contributed by atoms with Gasteiger partial charge in [0.1, 0.15) is 0 Å². The summed E-state index contributed by atoms with van der Waals surface area (Å²) in [6.07, 6.45) is 4.89. The molecule has 1 saturated heterocycles. The number of carbonyl (C=O) groups excluding carboxylic acids is 2. The van der Waals surface area contributed by atoms with Gasteiger partial charge in [-0.15, -0.1) is 0 Å². The van der Waals surface area contributed by atoms with Gasteiger partial charge in [-0.25, -0.2) is 0 Å². The van der Waals surface area contributed by atoms with Gasteiger partial charge in [-0.05, 0) is 49.6 Å². The second-order valence-electron chi connectivity index (χ2n) is 7.08. The maximum Gasteiger partial charge on any atom is 0.255 e. The lowest BCUT2D eigenvalue weighted by Crippen LogP contribution is -2.25. The van der Waals surface area contributed by atoms with Crippen LogP contribution in [0.2, 0.25) is 0 Å². The van der Waals surface area contributed by atoms with Crippen molar-refractivity contribution in [3.63, 3.8) is 0 Å². The average molecular weight is 365 g/mol. The first kappa shape index (κ1) is 19.0. The summed E-state index contributed by atoms with van der Waals surface area (Å²) in [5, 5.41) is 5.83. The molecule has 0 aliphatic carbocycles. The molecule has 1 fully saturated rings. The van der Waals surface area contributed by atoms with E-state index in [0.717, 1.165) is 30.0 Å². The van der Waals surface area contributed by atoms with E-state index in [2.05, 4.69) is 21.6 Å². The highest BCUT2D eigenvalue weighted by Gasteiger charge is 2.16. The zero-order chi connectivity index (χ0) is 19.2. The van der Waals surface area contributed by atoms with Gasteiger partial charge in [0.05, 0.1) is 11.4 Å². The summed E-state index contributed by atoms with van der Waals surface area (Å²) in [6.45, 7) is 5.40. The molecule has 2 aromatic carbocycles. The minimum Gasteiger partial charge on any atom is -0.370 e. The summed E-state index contributed by atoms with van der Waals surface area (Å²) in [5.41, 5.74) is 4.01. The number of hydrogen-bond acceptors (Lipinski definition) is 3. The van der Waals surface area contributed by atoms with Crippen molar-refractivity contribution in [1.29, 1.82) is 0 Å². The lowest BCUT2D eigenvalue weighted by molar-refractivity contribution is -0.114. The molecular formula is C22H27N3O2. The van der Waals surface area contributed by atoms with Crippen LogP contribution in [0, 0.1) is 6.92 Å². The Balaban J connectivity index is 1.81. The quantitative estimate of drug-likeness (QED) is 0.833. The third kappa shape index (κ3) is 4.88. The van der Waals surface area contributed by atoms with E-state index in [9.17, 15) is 9.59 Å². The van der Waals surface area contributed by atoms with E-state index in [4.69, 9.17) is 0 Å². The van der Waals surface area contributed by atoms with Crippen molar-refractivity contribution in [3.05, 3.63) is 53.6 Å². The standard InChI is InChI=1S/C22H27N3O2/c1-16-11-12-18(15-20(16)23-17(2)26)22(27)24-19-9-5-6-10-21(19)25-13-7-3-4-8-14-25/h5-6,9-12,15H,3-4,7-8,13-14H2,1-2H3,(H,23,26)(H,24,27). The molecule has 0 unspecified atom stereocenters. The smallest absolute Gasteiger partial charge is 0.255 e. The molecule has 2 amide bonds.